The number of nitrogens with zero attached hydrogens (tertiary/aromatic N) is 2. The van der Waals surface area contributed by atoms with Crippen LogP contribution in [0, 0.1) is 0 Å². The summed E-state index contributed by atoms with van der Waals surface area (Å²) in [5, 5.41) is 9.92. The molecule has 1 rings (SSSR count). The average Bonchev–Trinajstić information content (AvgIpc) is 2.09. The van der Waals surface area contributed by atoms with Crippen molar-refractivity contribution in [2.24, 2.45) is 0 Å². The summed E-state index contributed by atoms with van der Waals surface area (Å²) < 4.78 is 0.651. The van der Waals surface area contributed by atoms with Crippen LogP contribution in [0.25, 0.3) is 0 Å². The molecule has 0 saturated carbocycles. The fourth-order valence-electron chi connectivity index (χ4n) is 0.671. The van der Waals surface area contributed by atoms with Gasteiger partial charge in [0.25, 0.3) is 0 Å². The van der Waals surface area contributed by atoms with Crippen LogP contribution >= 0.6 is 27.7 Å². The molecule has 1 aromatic heterocycles. The molecule has 0 spiro atoms. The summed E-state index contributed by atoms with van der Waals surface area (Å²) in [5.74, 6) is 0. The zero-order chi connectivity index (χ0) is 9.90. The molecule has 72 valence electrons. The molecule has 13 heavy (non-hydrogen) atoms. The maximum Gasteiger partial charge on any atom is 0.116 e. The smallest absolute Gasteiger partial charge is 0.116 e. The third-order valence-corrected chi connectivity index (χ3v) is 3.43. The van der Waals surface area contributed by atoms with Crippen molar-refractivity contribution in [2.75, 3.05) is 6.61 Å². The van der Waals surface area contributed by atoms with Gasteiger partial charge in [0.1, 0.15) is 11.4 Å². The number of hydrogen-bond donors (Lipinski definition) is 1. The van der Waals surface area contributed by atoms with Gasteiger partial charge in [-0.2, -0.15) is 0 Å². The maximum absolute atomic E-state index is 9.07. The Balaban J connectivity index is 2.80. The van der Waals surface area contributed by atoms with Crippen molar-refractivity contribution in [3.63, 3.8) is 0 Å². The monoisotopic (exact) mass is 262 g/mol. The third-order valence-electron chi connectivity index (χ3n) is 1.39. The van der Waals surface area contributed by atoms with Crippen LogP contribution in [0.3, 0.4) is 0 Å². The number of hydrogen-bond acceptors (Lipinski definition) is 4. The van der Waals surface area contributed by atoms with Gasteiger partial charge in [-0.25, -0.2) is 9.97 Å². The van der Waals surface area contributed by atoms with Crippen LogP contribution in [-0.4, -0.2) is 26.4 Å². The van der Waals surface area contributed by atoms with Crippen LogP contribution in [0.4, 0.5) is 0 Å². The molecule has 1 N–H and O–H groups in total. The molecule has 0 saturated heterocycles. The molecular weight excluding hydrogens is 252 g/mol. The molecule has 3 nitrogen and oxygen atoms in total. The van der Waals surface area contributed by atoms with Gasteiger partial charge in [0.05, 0.1) is 11.1 Å². The number of aliphatic hydroxyl groups excluding tert-OH is 1. The second kappa shape index (κ2) is 4.39. The van der Waals surface area contributed by atoms with Crippen molar-refractivity contribution in [1.29, 1.82) is 0 Å². The van der Waals surface area contributed by atoms with Crippen molar-refractivity contribution >= 4 is 27.7 Å². The minimum atomic E-state index is -0.211. The van der Waals surface area contributed by atoms with E-state index in [1.54, 1.807) is 6.20 Å². The molecule has 0 aliphatic heterocycles. The van der Waals surface area contributed by atoms with Gasteiger partial charge >= 0.3 is 0 Å². The number of rotatable bonds is 3. The quantitative estimate of drug-likeness (QED) is 0.670. The zero-order valence-corrected chi connectivity index (χ0v) is 9.89. The predicted octanol–water partition coefficient (Wildman–Crippen LogP) is 2.10. The molecule has 1 heterocycles. The first-order valence-corrected chi connectivity index (χ1v) is 5.41. The van der Waals surface area contributed by atoms with Crippen LogP contribution in [0.2, 0.25) is 0 Å². The van der Waals surface area contributed by atoms with E-state index in [1.165, 1.54) is 18.1 Å². The van der Waals surface area contributed by atoms with Crippen LogP contribution in [-0.2, 0) is 0 Å². The topological polar surface area (TPSA) is 46.0 Å². The highest BCUT2D eigenvalue weighted by Gasteiger charge is 2.20. The standard InChI is InChI=1S/C8H11BrN2OS/c1-8(2,4-12)13-7-6(9)3-10-5-11-7/h3,5,12H,4H2,1-2H3. The molecule has 0 aromatic carbocycles. The second-order valence-electron chi connectivity index (χ2n) is 3.20. The minimum Gasteiger partial charge on any atom is -0.395 e. The lowest BCUT2D eigenvalue weighted by molar-refractivity contribution is 0.265. The summed E-state index contributed by atoms with van der Waals surface area (Å²) in [6.45, 7) is 4.05. The predicted molar refractivity (Wildman–Crippen MR) is 56.8 cm³/mol. The van der Waals surface area contributed by atoms with Crippen LogP contribution in [0.1, 0.15) is 13.8 Å². The largest absolute Gasteiger partial charge is 0.395 e. The molecule has 0 fully saturated rings. The van der Waals surface area contributed by atoms with Gasteiger partial charge in [-0.15, -0.1) is 0 Å². The van der Waals surface area contributed by atoms with E-state index in [1.807, 2.05) is 13.8 Å². The van der Waals surface area contributed by atoms with E-state index in [0.29, 0.717) is 0 Å². The Morgan fingerprint density at radius 2 is 2.31 bits per heavy atom. The summed E-state index contributed by atoms with van der Waals surface area (Å²) in [4.78, 5) is 7.97. The Kier molecular flexibility index (Phi) is 3.70. The molecule has 5 heteroatoms. The highest BCUT2D eigenvalue weighted by atomic mass is 79.9. The van der Waals surface area contributed by atoms with Crippen LogP contribution < -0.4 is 0 Å². The van der Waals surface area contributed by atoms with Crippen molar-refractivity contribution in [3.8, 4) is 0 Å². The highest BCUT2D eigenvalue weighted by Crippen LogP contribution is 2.34. The van der Waals surface area contributed by atoms with Crippen LogP contribution in [0.5, 0.6) is 0 Å². The Hall–Kier alpha value is -0.130. The average molecular weight is 263 g/mol. The number of thioether (sulfide) groups is 1. The molecule has 0 aliphatic carbocycles. The summed E-state index contributed by atoms with van der Waals surface area (Å²) in [6.07, 6.45) is 3.20. The van der Waals surface area contributed by atoms with E-state index in [4.69, 9.17) is 5.11 Å². The Morgan fingerprint density at radius 3 is 2.85 bits per heavy atom. The number of aliphatic hydroxyl groups is 1. The SMILES string of the molecule is CC(C)(CO)Sc1ncncc1Br. The van der Waals surface area contributed by atoms with Crippen molar-refractivity contribution < 1.29 is 5.11 Å². The molecule has 0 bridgehead atoms. The molecular formula is C8H11BrN2OS. The Morgan fingerprint density at radius 1 is 1.62 bits per heavy atom. The van der Waals surface area contributed by atoms with Gasteiger partial charge in [-0.05, 0) is 29.8 Å². The van der Waals surface area contributed by atoms with E-state index in [-0.39, 0.29) is 11.4 Å². The van der Waals surface area contributed by atoms with Gasteiger partial charge in [0.15, 0.2) is 0 Å². The van der Waals surface area contributed by atoms with E-state index >= 15 is 0 Å². The minimum absolute atomic E-state index is 0.119. The van der Waals surface area contributed by atoms with Crippen molar-refractivity contribution in [1.82, 2.24) is 9.97 Å². The lowest BCUT2D eigenvalue weighted by atomic mass is 10.2. The molecule has 0 unspecified atom stereocenters. The molecule has 0 radical (unpaired) electrons. The van der Waals surface area contributed by atoms with Gasteiger partial charge in [0, 0.05) is 10.9 Å². The fourth-order valence-corrected chi connectivity index (χ4v) is 1.97. The zero-order valence-electron chi connectivity index (χ0n) is 7.49. The van der Waals surface area contributed by atoms with Gasteiger partial charge in [0.2, 0.25) is 0 Å². The van der Waals surface area contributed by atoms with E-state index in [2.05, 4.69) is 25.9 Å². The number of halogens is 1. The normalized spacial score (nSPS) is 11.7. The molecule has 0 amide bonds. The first-order valence-electron chi connectivity index (χ1n) is 3.80. The van der Waals surface area contributed by atoms with Crippen molar-refractivity contribution in [3.05, 3.63) is 17.0 Å². The fraction of sp³-hybridized carbons (Fsp3) is 0.500. The lowest BCUT2D eigenvalue weighted by Crippen LogP contribution is -2.20. The highest BCUT2D eigenvalue weighted by molar-refractivity contribution is 9.10. The second-order valence-corrected chi connectivity index (χ2v) is 5.75. The summed E-state index contributed by atoms with van der Waals surface area (Å²) in [5.41, 5.74) is 0. The summed E-state index contributed by atoms with van der Waals surface area (Å²) >= 11 is 4.88. The Labute approximate surface area is 90.1 Å². The summed E-state index contributed by atoms with van der Waals surface area (Å²) in [7, 11) is 0. The van der Waals surface area contributed by atoms with Crippen LogP contribution in [0.15, 0.2) is 22.0 Å². The molecule has 0 aliphatic rings. The van der Waals surface area contributed by atoms with E-state index < -0.39 is 0 Å². The maximum atomic E-state index is 9.07. The third kappa shape index (κ3) is 3.25. The van der Waals surface area contributed by atoms with Gasteiger partial charge < -0.3 is 5.11 Å². The first kappa shape index (κ1) is 10.9. The summed E-state index contributed by atoms with van der Waals surface area (Å²) in [6, 6.07) is 0. The molecule has 1 aromatic rings. The lowest BCUT2D eigenvalue weighted by Gasteiger charge is -2.20. The van der Waals surface area contributed by atoms with Crippen molar-refractivity contribution in [2.45, 2.75) is 23.6 Å². The van der Waals surface area contributed by atoms with Gasteiger partial charge in [-0.3, -0.25) is 0 Å². The first-order chi connectivity index (χ1) is 6.05. The number of aromatic nitrogens is 2. The van der Waals surface area contributed by atoms with E-state index in [9.17, 15) is 0 Å². The Bertz CT molecular complexity index is 293. The molecule has 0 atom stereocenters. The van der Waals surface area contributed by atoms with E-state index in [0.717, 1.165) is 9.50 Å². The van der Waals surface area contributed by atoms with Gasteiger partial charge in [-0.1, -0.05) is 11.8 Å².